The smallest absolute Gasteiger partial charge is 0.253 e. The number of nitrogens with two attached hydrogens (primary N) is 1. The number of nitrogen functional groups attached to an aromatic ring is 1. The van der Waals surface area contributed by atoms with Crippen molar-refractivity contribution in [1.29, 1.82) is 0 Å². The van der Waals surface area contributed by atoms with Crippen molar-refractivity contribution >= 4 is 21.4 Å². The largest absolute Gasteiger partial charge is 0.398 e. The fourth-order valence-electron chi connectivity index (χ4n) is 1.79. The summed E-state index contributed by atoms with van der Waals surface area (Å²) in [7, 11) is -3.12. The highest BCUT2D eigenvalue weighted by atomic mass is 32.2. The van der Waals surface area contributed by atoms with Gasteiger partial charge in [-0.2, -0.15) is 0 Å². The summed E-state index contributed by atoms with van der Waals surface area (Å²) in [6, 6.07) is 4.74. The Balaban J connectivity index is 2.83. The number of amides is 1. The van der Waals surface area contributed by atoms with Crippen LogP contribution in [0.1, 0.15) is 22.8 Å². The number of rotatable bonds is 4. The first kappa shape index (κ1) is 14.5. The first-order chi connectivity index (χ1) is 8.20. The third-order valence-electron chi connectivity index (χ3n) is 2.46. The van der Waals surface area contributed by atoms with Gasteiger partial charge in [0.25, 0.3) is 5.91 Å². The second-order valence-electron chi connectivity index (χ2n) is 4.51. The van der Waals surface area contributed by atoms with Crippen LogP contribution >= 0.6 is 0 Å². The first-order valence-corrected chi connectivity index (χ1v) is 7.60. The van der Waals surface area contributed by atoms with Crippen LogP contribution in [0.2, 0.25) is 0 Å². The van der Waals surface area contributed by atoms with Crippen molar-refractivity contribution in [3.8, 4) is 0 Å². The molecule has 18 heavy (non-hydrogen) atoms. The maximum Gasteiger partial charge on any atom is 0.253 e. The molecule has 0 fully saturated rings. The van der Waals surface area contributed by atoms with Crippen molar-refractivity contribution in [2.24, 2.45) is 0 Å². The van der Waals surface area contributed by atoms with Gasteiger partial charge in [-0.05, 0) is 25.5 Å². The Bertz CT molecular complexity index is 532. The summed E-state index contributed by atoms with van der Waals surface area (Å²) in [6.45, 7) is 3.43. The Hall–Kier alpha value is -1.56. The number of sulfone groups is 1. The van der Waals surface area contributed by atoms with Gasteiger partial charge in [-0.15, -0.1) is 0 Å². The van der Waals surface area contributed by atoms with Gasteiger partial charge in [0, 0.05) is 18.0 Å². The molecule has 1 aromatic carbocycles. The molecule has 1 atom stereocenters. The SMILES string of the molecule is Cc1cccc(N)c1C(=O)NC(C)CS(C)(=O)=O. The maximum absolute atomic E-state index is 12.0. The molecule has 1 rings (SSSR count). The van der Waals surface area contributed by atoms with Gasteiger partial charge in [0.1, 0.15) is 9.84 Å². The lowest BCUT2D eigenvalue weighted by molar-refractivity contribution is 0.0944. The quantitative estimate of drug-likeness (QED) is 0.790. The topological polar surface area (TPSA) is 89.3 Å². The van der Waals surface area contributed by atoms with Crippen LogP contribution in [0.25, 0.3) is 0 Å². The van der Waals surface area contributed by atoms with Crippen molar-refractivity contribution in [1.82, 2.24) is 5.32 Å². The van der Waals surface area contributed by atoms with E-state index in [-0.39, 0.29) is 11.7 Å². The standard InChI is InChI=1S/C12H18N2O3S/c1-8-5-4-6-10(13)11(8)12(15)14-9(2)7-18(3,16)17/h4-6,9H,7,13H2,1-3H3,(H,14,15). The second kappa shape index (κ2) is 5.39. The van der Waals surface area contributed by atoms with Gasteiger partial charge in [0.2, 0.25) is 0 Å². The molecule has 3 N–H and O–H groups in total. The summed E-state index contributed by atoms with van der Waals surface area (Å²) in [5.41, 5.74) is 7.30. The molecule has 0 heterocycles. The average molecular weight is 270 g/mol. The van der Waals surface area contributed by atoms with E-state index in [0.717, 1.165) is 11.8 Å². The van der Waals surface area contributed by atoms with Crippen LogP contribution in [-0.2, 0) is 9.84 Å². The lowest BCUT2D eigenvalue weighted by atomic mass is 10.1. The summed E-state index contributed by atoms with van der Waals surface area (Å²) >= 11 is 0. The van der Waals surface area contributed by atoms with E-state index in [4.69, 9.17) is 5.73 Å². The van der Waals surface area contributed by atoms with Crippen LogP contribution in [0.3, 0.4) is 0 Å². The van der Waals surface area contributed by atoms with E-state index in [1.54, 1.807) is 32.0 Å². The van der Waals surface area contributed by atoms with Gasteiger partial charge in [0.05, 0.1) is 11.3 Å². The summed E-state index contributed by atoms with van der Waals surface area (Å²) in [6.07, 6.45) is 1.14. The van der Waals surface area contributed by atoms with Gasteiger partial charge in [0.15, 0.2) is 0 Å². The van der Waals surface area contributed by atoms with E-state index in [2.05, 4.69) is 5.32 Å². The highest BCUT2D eigenvalue weighted by Gasteiger charge is 2.17. The van der Waals surface area contributed by atoms with Gasteiger partial charge in [-0.3, -0.25) is 4.79 Å². The molecule has 0 radical (unpaired) electrons. The number of hydrogen-bond donors (Lipinski definition) is 2. The van der Waals surface area contributed by atoms with Crippen LogP contribution in [0.5, 0.6) is 0 Å². The zero-order valence-electron chi connectivity index (χ0n) is 10.7. The molecule has 0 aliphatic carbocycles. The number of carbonyl (C=O) groups excluding carboxylic acids is 1. The Morgan fingerprint density at radius 2 is 2.06 bits per heavy atom. The van der Waals surface area contributed by atoms with Crippen LogP contribution in [0.15, 0.2) is 18.2 Å². The van der Waals surface area contributed by atoms with Crippen molar-refractivity contribution < 1.29 is 13.2 Å². The number of benzene rings is 1. The molecule has 0 aliphatic rings. The van der Waals surface area contributed by atoms with Crippen molar-refractivity contribution in [2.45, 2.75) is 19.9 Å². The normalized spacial score (nSPS) is 13.1. The summed E-state index contributed by atoms with van der Waals surface area (Å²) in [5.74, 6) is -0.438. The van der Waals surface area contributed by atoms with Gasteiger partial charge in [-0.25, -0.2) is 8.42 Å². The predicted octanol–water partition coefficient (Wildman–Crippen LogP) is 0.740. The van der Waals surface area contributed by atoms with Crippen molar-refractivity contribution in [3.05, 3.63) is 29.3 Å². The summed E-state index contributed by atoms with van der Waals surface area (Å²) in [5, 5.41) is 2.64. The maximum atomic E-state index is 12.0. The Labute approximate surface area is 107 Å². The molecule has 0 saturated carbocycles. The fourth-order valence-corrected chi connectivity index (χ4v) is 2.78. The van der Waals surface area contributed by atoms with E-state index in [9.17, 15) is 13.2 Å². The Morgan fingerprint density at radius 3 is 2.56 bits per heavy atom. The van der Waals surface area contributed by atoms with E-state index in [1.807, 2.05) is 0 Å². The van der Waals surface area contributed by atoms with Crippen LogP contribution in [0, 0.1) is 6.92 Å². The van der Waals surface area contributed by atoms with Crippen LogP contribution < -0.4 is 11.1 Å². The van der Waals surface area contributed by atoms with E-state index < -0.39 is 15.9 Å². The van der Waals surface area contributed by atoms with Gasteiger partial charge in [-0.1, -0.05) is 12.1 Å². The second-order valence-corrected chi connectivity index (χ2v) is 6.69. The highest BCUT2D eigenvalue weighted by molar-refractivity contribution is 7.90. The molecule has 1 amide bonds. The molecule has 100 valence electrons. The molecule has 1 unspecified atom stereocenters. The zero-order valence-corrected chi connectivity index (χ0v) is 11.5. The Morgan fingerprint density at radius 1 is 1.44 bits per heavy atom. The number of aryl methyl sites for hydroxylation is 1. The van der Waals surface area contributed by atoms with E-state index in [0.29, 0.717) is 11.3 Å². The Kier molecular flexibility index (Phi) is 4.34. The minimum absolute atomic E-state index is 0.0927. The molecule has 0 aliphatic heterocycles. The zero-order chi connectivity index (χ0) is 13.9. The number of hydrogen-bond acceptors (Lipinski definition) is 4. The van der Waals surface area contributed by atoms with Gasteiger partial charge >= 0.3 is 0 Å². The molecule has 0 aromatic heterocycles. The van der Waals surface area contributed by atoms with Crippen molar-refractivity contribution in [3.63, 3.8) is 0 Å². The predicted molar refractivity (Wildman–Crippen MR) is 72.2 cm³/mol. The van der Waals surface area contributed by atoms with Crippen molar-refractivity contribution in [2.75, 3.05) is 17.7 Å². The highest BCUT2D eigenvalue weighted by Crippen LogP contribution is 2.16. The molecular weight excluding hydrogens is 252 g/mol. The van der Waals surface area contributed by atoms with Crippen LogP contribution in [0.4, 0.5) is 5.69 Å². The molecule has 0 spiro atoms. The third kappa shape index (κ3) is 4.03. The molecule has 5 nitrogen and oxygen atoms in total. The summed E-state index contributed by atoms with van der Waals surface area (Å²) in [4.78, 5) is 12.0. The monoisotopic (exact) mass is 270 g/mol. The lowest BCUT2D eigenvalue weighted by Gasteiger charge is -2.15. The number of anilines is 1. The molecule has 0 saturated heterocycles. The van der Waals surface area contributed by atoms with Crippen LogP contribution in [-0.4, -0.2) is 32.4 Å². The lowest BCUT2D eigenvalue weighted by Crippen LogP contribution is -2.37. The number of nitrogens with one attached hydrogen (secondary N) is 1. The molecule has 6 heteroatoms. The molecular formula is C12H18N2O3S. The fraction of sp³-hybridized carbons (Fsp3) is 0.417. The van der Waals surface area contributed by atoms with E-state index in [1.165, 1.54) is 0 Å². The molecule has 0 bridgehead atoms. The third-order valence-corrected chi connectivity index (χ3v) is 3.57. The summed E-state index contributed by atoms with van der Waals surface area (Å²) < 4.78 is 22.2. The average Bonchev–Trinajstić information content (AvgIpc) is 2.13. The van der Waals surface area contributed by atoms with E-state index >= 15 is 0 Å². The molecule has 1 aromatic rings. The minimum atomic E-state index is -3.12. The first-order valence-electron chi connectivity index (χ1n) is 5.54. The van der Waals surface area contributed by atoms with Gasteiger partial charge < -0.3 is 11.1 Å². The number of carbonyl (C=O) groups is 1. The minimum Gasteiger partial charge on any atom is -0.398 e.